The molecule has 0 aliphatic rings. The molecule has 1 aromatic carbocycles. The second kappa shape index (κ2) is 6.71. The number of oxime groups is 1. The van der Waals surface area contributed by atoms with Crippen molar-refractivity contribution in [3.63, 3.8) is 0 Å². The van der Waals surface area contributed by atoms with Crippen LogP contribution in [0.3, 0.4) is 0 Å². The van der Waals surface area contributed by atoms with Crippen molar-refractivity contribution in [3.8, 4) is 11.6 Å². The summed E-state index contributed by atoms with van der Waals surface area (Å²) in [5.74, 6) is 0.780. The Hall–Kier alpha value is -2.60. The standard InChI is InChI=1S/C15H17N3O3/c1-10-6-8-17-15(13(10)14(16)18-20)21-12-5-3-2-4-11(12)7-9-19/h2-6,8,19-20H,7,9H2,1H3,(H2,16,18). The maximum absolute atomic E-state index is 9.09. The fraction of sp³-hybridized carbons (Fsp3) is 0.200. The first kappa shape index (κ1) is 14.8. The van der Waals surface area contributed by atoms with E-state index in [0.29, 0.717) is 17.7 Å². The Bertz CT molecular complexity index is 656. The van der Waals surface area contributed by atoms with E-state index >= 15 is 0 Å². The van der Waals surface area contributed by atoms with E-state index in [4.69, 9.17) is 20.8 Å². The van der Waals surface area contributed by atoms with Gasteiger partial charge in [-0.15, -0.1) is 0 Å². The molecule has 0 aliphatic carbocycles. The molecule has 0 aliphatic heterocycles. The number of aromatic nitrogens is 1. The van der Waals surface area contributed by atoms with Gasteiger partial charge in [0, 0.05) is 12.8 Å². The second-order valence-corrected chi connectivity index (χ2v) is 4.48. The molecule has 6 heteroatoms. The number of nitrogens with zero attached hydrogens (tertiary/aromatic N) is 2. The smallest absolute Gasteiger partial charge is 0.230 e. The number of amidine groups is 1. The largest absolute Gasteiger partial charge is 0.438 e. The number of para-hydroxylation sites is 1. The van der Waals surface area contributed by atoms with Crippen LogP contribution in [0.4, 0.5) is 0 Å². The third-order valence-corrected chi connectivity index (χ3v) is 3.05. The average Bonchev–Trinajstić information content (AvgIpc) is 2.49. The van der Waals surface area contributed by atoms with Gasteiger partial charge in [-0.05, 0) is 36.6 Å². The van der Waals surface area contributed by atoms with Crippen LogP contribution in [0.2, 0.25) is 0 Å². The first-order valence-corrected chi connectivity index (χ1v) is 6.47. The molecule has 110 valence electrons. The zero-order valence-electron chi connectivity index (χ0n) is 11.7. The topological polar surface area (TPSA) is 101 Å². The lowest BCUT2D eigenvalue weighted by atomic mass is 10.1. The zero-order valence-corrected chi connectivity index (χ0v) is 11.7. The lowest BCUT2D eigenvalue weighted by molar-refractivity contribution is 0.297. The van der Waals surface area contributed by atoms with E-state index in [2.05, 4.69) is 10.1 Å². The number of pyridine rings is 1. The first-order valence-electron chi connectivity index (χ1n) is 6.47. The van der Waals surface area contributed by atoms with Crippen molar-refractivity contribution in [2.45, 2.75) is 13.3 Å². The van der Waals surface area contributed by atoms with E-state index in [-0.39, 0.29) is 18.3 Å². The van der Waals surface area contributed by atoms with Crippen LogP contribution in [0.5, 0.6) is 11.6 Å². The number of hydrogen-bond acceptors (Lipinski definition) is 5. The Labute approximate surface area is 122 Å². The van der Waals surface area contributed by atoms with Crippen LogP contribution in [-0.4, -0.2) is 27.7 Å². The summed E-state index contributed by atoms with van der Waals surface area (Å²) in [5.41, 5.74) is 7.77. The molecule has 21 heavy (non-hydrogen) atoms. The summed E-state index contributed by atoms with van der Waals surface area (Å²) in [5, 5.41) is 21.0. The minimum absolute atomic E-state index is 0.0225. The van der Waals surface area contributed by atoms with Gasteiger partial charge in [0.1, 0.15) is 5.75 Å². The minimum atomic E-state index is -0.0600. The number of ether oxygens (including phenoxy) is 1. The average molecular weight is 287 g/mol. The van der Waals surface area contributed by atoms with Crippen molar-refractivity contribution in [1.29, 1.82) is 0 Å². The van der Waals surface area contributed by atoms with E-state index < -0.39 is 0 Å². The van der Waals surface area contributed by atoms with Gasteiger partial charge < -0.3 is 20.8 Å². The fourth-order valence-electron chi connectivity index (χ4n) is 2.01. The van der Waals surface area contributed by atoms with Crippen molar-refractivity contribution < 1.29 is 15.1 Å². The van der Waals surface area contributed by atoms with Crippen LogP contribution in [-0.2, 0) is 6.42 Å². The summed E-state index contributed by atoms with van der Waals surface area (Å²) in [4.78, 5) is 4.15. The Morgan fingerprint density at radius 2 is 2.10 bits per heavy atom. The summed E-state index contributed by atoms with van der Waals surface area (Å²) < 4.78 is 5.80. The fourth-order valence-corrected chi connectivity index (χ4v) is 2.01. The van der Waals surface area contributed by atoms with Crippen LogP contribution in [0, 0.1) is 6.92 Å². The lowest BCUT2D eigenvalue weighted by Crippen LogP contribution is -2.16. The number of rotatable bonds is 5. The molecule has 0 spiro atoms. The monoisotopic (exact) mass is 287 g/mol. The number of aliphatic hydroxyl groups is 1. The highest BCUT2D eigenvalue weighted by atomic mass is 16.5. The van der Waals surface area contributed by atoms with E-state index in [9.17, 15) is 0 Å². The summed E-state index contributed by atoms with van der Waals surface area (Å²) in [6.07, 6.45) is 2.06. The Balaban J connectivity index is 2.43. The summed E-state index contributed by atoms with van der Waals surface area (Å²) >= 11 is 0. The van der Waals surface area contributed by atoms with Crippen LogP contribution in [0.25, 0.3) is 0 Å². The number of hydrogen-bond donors (Lipinski definition) is 3. The molecule has 0 amide bonds. The highest BCUT2D eigenvalue weighted by Gasteiger charge is 2.15. The van der Waals surface area contributed by atoms with E-state index in [1.807, 2.05) is 25.1 Å². The predicted octanol–water partition coefficient (Wildman–Crippen LogP) is 1.81. The maximum atomic E-state index is 9.09. The van der Waals surface area contributed by atoms with Gasteiger partial charge in [0.05, 0.1) is 5.56 Å². The molecule has 2 aromatic rings. The van der Waals surface area contributed by atoms with E-state index in [1.165, 1.54) is 0 Å². The summed E-state index contributed by atoms with van der Waals surface area (Å²) in [6.45, 7) is 1.84. The van der Waals surface area contributed by atoms with Gasteiger partial charge >= 0.3 is 0 Å². The molecule has 6 nitrogen and oxygen atoms in total. The predicted molar refractivity (Wildman–Crippen MR) is 78.8 cm³/mol. The van der Waals surface area contributed by atoms with Gasteiger partial charge in [0.25, 0.3) is 0 Å². The van der Waals surface area contributed by atoms with Crippen molar-refractivity contribution >= 4 is 5.84 Å². The highest BCUT2D eigenvalue weighted by Crippen LogP contribution is 2.28. The maximum Gasteiger partial charge on any atom is 0.230 e. The van der Waals surface area contributed by atoms with Crippen LogP contribution >= 0.6 is 0 Å². The lowest BCUT2D eigenvalue weighted by Gasteiger charge is -2.13. The summed E-state index contributed by atoms with van der Waals surface area (Å²) in [6, 6.07) is 9.09. The number of benzene rings is 1. The quantitative estimate of drug-likeness (QED) is 0.337. The second-order valence-electron chi connectivity index (χ2n) is 4.48. The molecular weight excluding hydrogens is 270 g/mol. The van der Waals surface area contributed by atoms with Gasteiger partial charge in [0.2, 0.25) is 5.88 Å². The molecule has 0 saturated carbocycles. The van der Waals surface area contributed by atoms with E-state index in [0.717, 1.165) is 11.1 Å². The van der Waals surface area contributed by atoms with Gasteiger partial charge in [0.15, 0.2) is 5.84 Å². The Morgan fingerprint density at radius 1 is 1.33 bits per heavy atom. The Morgan fingerprint density at radius 3 is 2.81 bits per heavy atom. The third kappa shape index (κ3) is 3.29. The molecule has 1 heterocycles. The Kier molecular flexibility index (Phi) is 4.73. The normalized spacial score (nSPS) is 11.4. The minimum Gasteiger partial charge on any atom is -0.438 e. The van der Waals surface area contributed by atoms with Gasteiger partial charge in [-0.1, -0.05) is 23.4 Å². The SMILES string of the molecule is Cc1ccnc(Oc2ccccc2CCO)c1/C(N)=N/O. The van der Waals surface area contributed by atoms with Gasteiger partial charge in [-0.25, -0.2) is 4.98 Å². The van der Waals surface area contributed by atoms with Crippen molar-refractivity contribution in [2.75, 3.05) is 6.61 Å². The van der Waals surface area contributed by atoms with Crippen molar-refractivity contribution in [1.82, 2.24) is 4.98 Å². The van der Waals surface area contributed by atoms with Gasteiger partial charge in [-0.3, -0.25) is 0 Å². The van der Waals surface area contributed by atoms with Crippen LogP contribution in [0.1, 0.15) is 16.7 Å². The number of aliphatic hydroxyl groups excluding tert-OH is 1. The molecule has 4 N–H and O–H groups in total. The number of aryl methyl sites for hydroxylation is 1. The molecule has 0 fully saturated rings. The molecule has 0 saturated heterocycles. The third-order valence-electron chi connectivity index (χ3n) is 3.05. The molecule has 1 aromatic heterocycles. The molecule has 0 atom stereocenters. The molecular formula is C15H17N3O3. The molecule has 0 unspecified atom stereocenters. The highest BCUT2D eigenvalue weighted by molar-refractivity contribution is 6.00. The first-order chi connectivity index (χ1) is 10.2. The van der Waals surface area contributed by atoms with Crippen molar-refractivity contribution in [3.05, 3.63) is 53.2 Å². The molecule has 0 radical (unpaired) electrons. The molecule has 2 rings (SSSR count). The van der Waals surface area contributed by atoms with Crippen molar-refractivity contribution in [2.24, 2.45) is 10.9 Å². The van der Waals surface area contributed by atoms with Gasteiger partial charge in [-0.2, -0.15) is 0 Å². The molecule has 0 bridgehead atoms. The van der Waals surface area contributed by atoms with Crippen LogP contribution in [0.15, 0.2) is 41.7 Å². The number of nitrogens with two attached hydrogens (primary N) is 1. The van der Waals surface area contributed by atoms with Crippen LogP contribution < -0.4 is 10.5 Å². The zero-order chi connectivity index (χ0) is 15.2. The van der Waals surface area contributed by atoms with E-state index in [1.54, 1.807) is 18.3 Å². The summed E-state index contributed by atoms with van der Waals surface area (Å²) in [7, 11) is 0.